The highest BCUT2D eigenvalue weighted by Crippen LogP contribution is 2.10. The number of ether oxygens (including phenoxy) is 1. The van der Waals surface area contributed by atoms with E-state index >= 15 is 0 Å². The van der Waals surface area contributed by atoms with Gasteiger partial charge in [0.15, 0.2) is 6.54 Å². The Morgan fingerprint density at radius 2 is 2.05 bits per heavy atom. The lowest BCUT2D eigenvalue weighted by atomic mass is 10.0. The Morgan fingerprint density at radius 3 is 2.67 bits per heavy atom. The smallest absolute Gasteiger partial charge is 0.337 e. The van der Waals surface area contributed by atoms with Crippen molar-refractivity contribution in [2.24, 2.45) is 5.92 Å². The molecule has 0 spiro atoms. The summed E-state index contributed by atoms with van der Waals surface area (Å²) in [5, 5.41) is 2.88. The number of amides is 1. The first-order chi connectivity index (χ1) is 10.1. The molecule has 0 bridgehead atoms. The number of anilines is 1. The zero-order valence-corrected chi connectivity index (χ0v) is 12.6. The van der Waals surface area contributed by atoms with Crippen molar-refractivity contribution in [2.45, 2.75) is 19.8 Å². The van der Waals surface area contributed by atoms with E-state index in [-0.39, 0.29) is 11.9 Å². The van der Waals surface area contributed by atoms with Crippen molar-refractivity contribution in [3.05, 3.63) is 29.8 Å². The molecule has 1 unspecified atom stereocenters. The van der Waals surface area contributed by atoms with E-state index in [9.17, 15) is 9.59 Å². The van der Waals surface area contributed by atoms with E-state index in [1.165, 1.54) is 24.9 Å². The van der Waals surface area contributed by atoms with Gasteiger partial charge < -0.3 is 15.0 Å². The summed E-state index contributed by atoms with van der Waals surface area (Å²) in [6.45, 7) is 4.87. The first-order valence-electron chi connectivity index (χ1n) is 7.40. The van der Waals surface area contributed by atoms with Crippen LogP contribution in [-0.4, -0.2) is 38.6 Å². The quantitative estimate of drug-likeness (QED) is 0.804. The summed E-state index contributed by atoms with van der Waals surface area (Å²) in [5.74, 6) is 0.338. The molecule has 1 saturated heterocycles. The van der Waals surface area contributed by atoms with Crippen LogP contribution in [0.4, 0.5) is 5.69 Å². The molecular weight excluding hydrogens is 268 g/mol. The molecule has 21 heavy (non-hydrogen) atoms. The largest absolute Gasteiger partial charge is 0.465 e. The lowest BCUT2D eigenvalue weighted by molar-refractivity contribution is -0.900. The molecule has 0 radical (unpaired) electrons. The van der Waals surface area contributed by atoms with Gasteiger partial charge in [-0.1, -0.05) is 6.92 Å². The molecule has 0 aliphatic carbocycles. The van der Waals surface area contributed by atoms with E-state index in [2.05, 4.69) is 17.0 Å². The van der Waals surface area contributed by atoms with Gasteiger partial charge in [0.05, 0.1) is 25.8 Å². The third-order valence-electron chi connectivity index (χ3n) is 3.86. The van der Waals surface area contributed by atoms with E-state index < -0.39 is 0 Å². The van der Waals surface area contributed by atoms with Crippen LogP contribution >= 0.6 is 0 Å². The molecule has 2 atom stereocenters. The number of esters is 1. The van der Waals surface area contributed by atoms with Crippen molar-refractivity contribution in [3.63, 3.8) is 0 Å². The van der Waals surface area contributed by atoms with Crippen LogP contribution in [0.3, 0.4) is 0 Å². The number of carbonyl (C=O) groups is 2. The van der Waals surface area contributed by atoms with Crippen LogP contribution in [0.25, 0.3) is 0 Å². The van der Waals surface area contributed by atoms with Crippen LogP contribution in [0.5, 0.6) is 0 Å². The van der Waals surface area contributed by atoms with Gasteiger partial charge in [0.1, 0.15) is 0 Å². The van der Waals surface area contributed by atoms with Crippen molar-refractivity contribution < 1.29 is 19.2 Å². The maximum absolute atomic E-state index is 12.0. The predicted molar refractivity (Wildman–Crippen MR) is 80.4 cm³/mol. The first kappa shape index (κ1) is 15.5. The lowest BCUT2D eigenvalue weighted by Gasteiger charge is -2.27. The van der Waals surface area contributed by atoms with Crippen LogP contribution in [0.2, 0.25) is 0 Å². The van der Waals surface area contributed by atoms with E-state index in [1.807, 2.05) is 0 Å². The summed E-state index contributed by atoms with van der Waals surface area (Å²) in [7, 11) is 1.35. The Balaban J connectivity index is 1.86. The molecule has 114 valence electrons. The molecule has 5 heteroatoms. The van der Waals surface area contributed by atoms with Gasteiger partial charge in [-0.25, -0.2) is 4.79 Å². The minimum Gasteiger partial charge on any atom is -0.465 e. The van der Waals surface area contributed by atoms with E-state index in [0.29, 0.717) is 23.7 Å². The number of carbonyl (C=O) groups excluding carboxylic acids is 2. The van der Waals surface area contributed by atoms with Gasteiger partial charge in [-0.2, -0.15) is 0 Å². The number of hydrogen-bond donors (Lipinski definition) is 2. The molecule has 5 nitrogen and oxygen atoms in total. The van der Waals surface area contributed by atoms with Gasteiger partial charge >= 0.3 is 5.97 Å². The molecule has 1 heterocycles. The minimum atomic E-state index is -0.375. The fraction of sp³-hybridized carbons (Fsp3) is 0.500. The summed E-state index contributed by atoms with van der Waals surface area (Å²) in [4.78, 5) is 24.7. The predicted octanol–water partition coefficient (Wildman–Crippen LogP) is 0.726. The Labute approximate surface area is 125 Å². The van der Waals surface area contributed by atoms with Gasteiger partial charge in [0.2, 0.25) is 0 Å². The maximum atomic E-state index is 12.0. The number of methoxy groups -OCH3 is 1. The van der Waals surface area contributed by atoms with Crippen LogP contribution < -0.4 is 10.2 Å². The molecule has 1 fully saturated rings. The molecule has 2 N–H and O–H groups in total. The summed E-state index contributed by atoms with van der Waals surface area (Å²) in [6.07, 6.45) is 2.46. The number of quaternary nitrogens is 1. The molecule has 1 aliphatic rings. The number of nitrogens with one attached hydrogen (secondary N) is 2. The molecular formula is C16H23N2O3+. The molecule has 1 aromatic carbocycles. The second kappa shape index (κ2) is 7.22. The molecule has 1 aliphatic heterocycles. The SMILES string of the molecule is COC(=O)c1ccc(NC(=O)C[NH+]2CCC[C@H](C)C2)cc1. The lowest BCUT2D eigenvalue weighted by Crippen LogP contribution is -3.14. The molecule has 0 saturated carbocycles. The van der Waals surface area contributed by atoms with Crippen molar-refractivity contribution in [1.29, 1.82) is 0 Å². The van der Waals surface area contributed by atoms with Crippen LogP contribution in [-0.2, 0) is 9.53 Å². The van der Waals surface area contributed by atoms with E-state index in [0.717, 1.165) is 13.1 Å². The van der Waals surface area contributed by atoms with Crippen molar-refractivity contribution in [3.8, 4) is 0 Å². The highest BCUT2D eigenvalue weighted by Gasteiger charge is 2.21. The molecule has 1 aromatic rings. The Kier molecular flexibility index (Phi) is 5.33. The van der Waals surface area contributed by atoms with Crippen molar-refractivity contribution >= 4 is 17.6 Å². The normalized spacial score (nSPS) is 21.6. The first-order valence-corrected chi connectivity index (χ1v) is 7.40. The summed E-state index contributed by atoms with van der Waals surface area (Å²) in [6, 6.07) is 6.74. The molecule has 2 rings (SSSR count). The Bertz CT molecular complexity index is 499. The molecule has 0 aromatic heterocycles. The van der Waals surface area contributed by atoms with E-state index in [4.69, 9.17) is 0 Å². The topological polar surface area (TPSA) is 59.8 Å². The number of piperidine rings is 1. The van der Waals surface area contributed by atoms with Gasteiger partial charge in [-0.15, -0.1) is 0 Å². The van der Waals surface area contributed by atoms with Crippen molar-refractivity contribution in [2.75, 3.05) is 32.1 Å². The average Bonchev–Trinajstić information content (AvgIpc) is 2.47. The monoisotopic (exact) mass is 291 g/mol. The number of benzene rings is 1. The fourth-order valence-electron chi connectivity index (χ4n) is 2.80. The zero-order chi connectivity index (χ0) is 15.2. The second-order valence-electron chi connectivity index (χ2n) is 5.75. The van der Waals surface area contributed by atoms with Crippen LogP contribution in [0.15, 0.2) is 24.3 Å². The zero-order valence-electron chi connectivity index (χ0n) is 12.6. The summed E-state index contributed by atoms with van der Waals surface area (Å²) < 4.78 is 4.64. The average molecular weight is 291 g/mol. The standard InChI is InChI=1S/C16H22N2O3/c1-12-4-3-9-18(10-12)11-15(19)17-14-7-5-13(6-8-14)16(20)21-2/h5-8,12H,3-4,9-11H2,1-2H3,(H,17,19)/p+1/t12-/m0/s1. The van der Waals surface area contributed by atoms with Crippen LogP contribution in [0, 0.1) is 5.92 Å². The van der Waals surface area contributed by atoms with Gasteiger partial charge in [0, 0.05) is 11.6 Å². The van der Waals surface area contributed by atoms with Crippen molar-refractivity contribution in [1.82, 2.24) is 0 Å². The summed E-state index contributed by atoms with van der Waals surface area (Å²) in [5.41, 5.74) is 1.18. The highest BCUT2D eigenvalue weighted by atomic mass is 16.5. The Hall–Kier alpha value is -1.88. The second-order valence-corrected chi connectivity index (χ2v) is 5.75. The number of likely N-dealkylation sites (tertiary alicyclic amines) is 1. The number of hydrogen-bond acceptors (Lipinski definition) is 3. The fourth-order valence-corrected chi connectivity index (χ4v) is 2.80. The van der Waals surface area contributed by atoms with Gasteiger partial charge in [-0.05, 0) is 37.1 Å². The third-order valence-corrected chi connectivity index (χ3v) is 3.86. The third kappa shape index (κ3) is 4.56. The van der Waals surface area contributed by atoms with Crippen LogP contribution in [0.1, 0.15) is 30.1 Å². The van der Waals surface area contributed by atoms with Gasteiger partial charge in [-0.3, -0.25) is 4.79 Å². The highest BCUT2D eigenvalue weighted by molar-refractivity contribution is 5.93. The summed E-state index contributed by atoms with van der Waals surface area (Å²) >= 11 is 0. The van der Waals surface area contributed by atoms with Gasteiger partial charge in [0.25, 0.3) is 5.91 Å². The van der Waals surface area contributed by atoms with E-state index in [1.54, 1.807) is 24.3 Å². The minimum absolute atomic E-state index is 0.0184. The Morgan fingerprint density at radius 1 is 1.33 bits per heavy atom. The maximum Gasteiger partial charge on any atom is 0.337 e. The number of rotatable bonds is 4. The molecule has 1 amide bonds.